The first-order chi connectivity index (χ1) is 6.79. The number of carbonyl (C=O) groups is 1. The number of rotatable bonds is 4. The summed E-state index contributed by atoms with van der Waals surface area (Å²) in [5.74, 6) is 4.93. The van der Waals surface area contributed by atoms with Crippen molar-refractivity contribution in [1.29, 1.82) is 0 Å². The molecule has 0 aliphatic heterocycles. The van der Waals surface area contributed by atoms with E-state index in [0.717, 1.165) is 6.42 Å². The van der Waals surface area contributed by atoms with Crippen molar-refractivity contribution in [3.63, 3.8) is 0 Å². The van der Waals surface area contributed by atoms with E-state index in [-0.39, 0.29) is 0 Å². The van der Waals surface area contributed by atoms with Crippen molar-refractivity contribution in [3.05, 3.63) is 29.8 Å². The Labute approximate surface area is 82.6 Å². The Hall–Kier alpha value is -1.55. The average Bonchev–Trinajstić information content (AvgIpc) is 2.25. The fourth-order valence-electron chi connectivity index (χ4n) is 1.01. The predicted octanol–water partition coefficient (Wildman–Crippen LogP) is 1.51. The van der Waals surface area contributed by atoms with E-state index in [1.54, 1.807) is 24.3 Å². The quantitative estimate of drug-likeness (QED) is 0.584. The summed E-state index contributed by atoms with van der Waals surface area (Å²) in [4.78, 5) is 16.0. The van der Waals surface area contributed by atoms with Crippen LogP contribution in [0.1, 0.15) is 23.7 Å². The molecule has 0 radical (unpaired) electrons. The van der Waals surface area contributed by atoms with Gasteiger partial charge >= 0.3 is 5.97 Å². The number of esters is 1. The number of benzene rings is 1. The lowest BCUT2D eigenvalue weighted by Gasteiger charge is -2.06. The molecule has 0 unspecified atom stereocenters. The third-order valence-electron chi connectivity index (χ3n) is 1.67. The molecule has 0 fully saturated rings. The number of nitrogens with two attached hydrogens (primary N) is 1. The summed E-state index contributed by atoms with van der Waals surface area (Å²) in [5, 5.41) is 0. The summed E-state index contributed by atoms with van der Waals surface area (Å²) in [6.07, 6.45) is 0.789. The zero-order valence-electron chi connectivity index (χ0n) is 8.03. The van der Waals surface area contributed by atoms with E-state index in [4.69, 9.17) is 10.6 Å². The van der Waals surface area contributed by atoms with Crippen LogP contribution in [0.4, 0.5) is 0 Å². The zero-order valence-corrected chi connectivity index (χ0v) is 8.03. The fourth-order valence-corrected chi connectivity index (χ4v) is 1.01. The van der Waals surface area contributed by atoms with Crippen LogP contribution in [0.5, 0.6) is 5.75 Å². The van der Waals surface area contributed by atoms with E-state index in [1.165, 1.54) is 0 Å². The van der Waals surface area contributed by atoms with Gasteiger partial charge in [0.2, 0.25) is 0 Å². The lowest BCUT2D eigenvalue weighted by atomic mass is 10.2. The molecule has 0 aliphatic rings. The van der Waals surface area contributed by atoms with E-state index in [9.17, 15) is 4.79 Å². The van der Waals surface area contributed by atoms with Gasteiger partial charge in [0.25, 0.3) is 0 Å². The van der Waals surface area contributed by atoms with Crippen molar-refractivity contribution in [2.75, 3.05) is 6.61 Å². The second kappa shape index (κ2) is 5.24. The maximum atomic E-state index is 11.4. The Morgan fingerprint density at radius 2 is 2.14 bits per heavy atom. The number of hydrogen-bond donors (Lipinski definition) is 1. The maximum absolute atomic E-state index is 11.4. The highest BCUT2D eigenvalue weighted by molar-refractivity contribution is 5.92. The standard InChI is InChI=1S/C10H13NO3/c1-2-7-13-10(12)8-5-3-4-6-9(8)14-11/h3-6H,2,7,11H2,1H3. The summed E-state index contributed by atoms with van der Waals surface area (Å²) in [5.41, 5.74) is 0.350. The van der Waals surface area contributed by atoms with Crippen molar-refractivity contribution >= 4 is 5.97 Å². The third kappa shape index (κ3) is 2.47. The van der Waals surface area contributed by atoms with Crippen LogP contribution in [0, 0.1) is 0 Å². The number of hydrogen-bond acceptors (Lipinski definition) is 4. The molecule has 14 heavy (non-hydrogen) atoms. The van der Waals surface area contributed by atoms with Crippen molar-refractivity contribution < 1.29 is 14.4 Å². The summed E-state index contributed by atoms with van der Waals surface area (Å²) in [6, 6.07) is 6.69. The molecule has 0 bridgehead atoms. The molecule has 4 heteroatoms. The predicted molar refractivity (Wildman–Crippen MR) is 51.8 cm³/mol. The van der Waals surface area contributed by atoms with Gasteiger partial charge in [0, 0.05) is 0 Å². The first-order valence-corrected chi connectivity index (χ1v) is 4.42. The van der Waals surface area contributed by atoms with E-state index >= 15 is 0 Å². The molecule has 1 aromatic rings. The normalized spacial score (nSPS) is 9.57. The molecule has 2 N–H and O–H groups in total. The highest BCUT2D eigenvalue weighted by Crippen LogP contribution is 2.17. The number of para-hydroxylation sites is 1. The lowest BCUT2D eigenvalue weighted by Crippen LogP contribution is -2.11. The Morgan fingerprint density at radius 3 is 2.79 bits per heavy atom. The zero-order chi connectivity index (χ0) is 10.4. The molecule has 76 valence electrons. The third-order valence-corrected chi connectivity index (χ3v) is 1.67. The molecule has 1 rings (SSSR count). The van der Waals surface area contributed by atoms with Crippen LogP contribution in [0.15, 0.2) is 24.3 Å². The van der Waals surface area contributed by atoms with E-state index < -0.39 is 5.97 Å². The van der Waals surface area contributed by atoms with Gasteiger partial charge in [0.1, 0.15) is 5.56 Å². The van der Waals surface area contributed by atoms with Gasteiger partial charge in [-0.15, -0.1) is 0 Å². The molecule has 0 aromatic heterocycles. The molecule has 0 saturated heterocycles. The van der Waals surface area contributed by atoms with Crippen LogP contribution in [0.2, 0.25) is 0 Å². The minimum absolute atomic E-state index is 0.327. The highest BCUT2D eigenvalue weighted by atomic mass is 16.6. The number of ether oxygens (including phenoxy) is 1. The largest absolute Gasteiger partial charge is 0.462 e. The van der Waals surface area contributed by atoms with Crippen LogP contribution in [0.3, 0.4) is 0 Å². The molecule has 0 heterocycles. The van der Waals surface area contributed by atoms with Crippen molar-refractivity contribution in [2.24, 2.45) is 5.90 Å². The molecule has 0 amide bonds. The Balaban J connectivity index is 2.78. The molecule has 0 atom stereocenters. The average molecular weight is 195 g/mol. The molecule has 0 spiro atoms. The monoisotopic (exact) mass is 195 g/mol. The van der Waals surface area contributed by atoms with Gasteiger partial charge in [-0.1, -0.05) is 19.1 Å². The van der Waals surface area contributed by atoms with Crippen LogP contribution >= 0.6 is 0 Å². The molecule has 0 aliphatic carbocycles. The second-order valence-electron chi connectivity index (χ2n) is 2.75. The Bertz CT molecular complexity index is 312. The first-order valence-electron chi connectivity index (χ1n) is 4.42. The van der Waals surface area contributed by atoms with Crippen molar-refractivity contribution in [1.82, 2.24) is 0 Å². The molecular formula is C10H13NO3. The second-order valence-corrected chi connectivity index (χ2v) is 2.75. The summed E-state index contributed by atoms with van der Waals surface area (Å²) >= 11 is 0. The SMILES string of the molecule is CCCOC(=O)c1ccccc1ON. The summed E-state index contributed by atoms with van der Waals surface area (Å²) in [6.45, 7) is 2.33. The number of carbonyl (C=O) groups excluding carboxylic acids is 1. The van der Waals surface area contributed by atoms with E-state index in [0.29, 0.717) is 17.9 Å². The fraction of sp³-hybridized carbons (Fsp3) is 0.300. The summed E-state index contributed by atoms with van der Waals surface area (Å²) in [7, 11) is 0. The Kier molecular flexibility index (Phi) is 3.94. The summed E-state index contributed by atoms with van der Waals surface area (Å²) < 4.78 is 4.95. The van der Waals surface area contributed by atoms with Crippen LogP contribution in [0.25, 0.3) is 0 Å². The van der Waals surface area contributed by atoms with Gasteiger partial charge in [0.05, 0.1) is 6.61 Å². The van der Waals surface area contributed by atoms with Crippen LogP contribution in [-0.4, -0.2) is 12.6 Å². The molecular weight excluding hydrogens is 182 g/mol. The lowest BCUT2D eigenvalue weighted by molar-refractivity contribution is 0.0500. The van der Waals surface area contributed by atoms with E-state index in [1.807, 2.05) is 6.92 Å². The topological polar surface area (TPSA) is 61.5 Å². The maximum Gasteiger partial charge on any atom is 0.342 e. The smallest absolute Gasteiger partial charge is 0.342 e. The van der Waals surface area contributed by atoms with Crippen LogP contribution < -0.4 is 10.7 Å². The minimum Gasteiger partial charge on any atom is -0.462 e. The van der Waals surface area contributed by atoms with Gasteiger partial charge in [-0.3, -0.25) is 0 Å². The minimum atomic E-state index is -0.409. The molecule has 4 nitrogen and oxygen atoms in total. The van der Waals surface area contributed by atoms with Crippen LogP contribution in [-0.2, 0) is 4.74 Å². The van der Waals surface area contributed by atoms with Gasteiger partial charge in [-0.05, 0) is 18.6 Å². The molecule has 1 aromatic carbocycles. The highest BCUT2D eigenvalue weighted by Gasteiger charge is 2.12. The van der Waals surface area contributed by atoms with Crippen molar-refractivity contribution in [2.45, 2.75) is 13.3 Å². The van der Waals surface area contributed by atoms with E-state index in [2.05, 4.69) is 4.84 Å². The Morgan fingerprint density at radius 1 is 1.43 bits per heavy atom. The van der Waals surface area contributed by atoms with Gasteiger partial charge < -0.3 is 9.57 Å². The molecule has 0 saturated carbocycles. The first kappa shape index (κ1) is 10.5. The van der Waals surface area contributed by atoms with Gasteiger partial charge in [-0.2, -0.15) is 5.90 Å². The van der Waals surface area contributed by atoms with Gasteiger partial charge in [0.15, 0.2) is 5.75 Å². The van der Waals surface area contributed by atoms with Crippen molar-refractivity contribution in [3.8, 4) is 5.75 Å². The van der Waals surface area contributed by atoms with Gasteiger partial charge in [-0.25, -0.2) is 4.79 Å².